The van der Waals surface area contributed by atoms with Gasteiger partial charge in [-0.2, -0.15) is 0 Å². The summed E-state index contributed by atoms with van der Waals surface area (Å²) in [6, 6.07) is 10.3. The van der Waals surface area contributed by atoms with E-state index in [-0.39, 0.29) is 12.2 Å². The average Bonchev–Trinajstić information content (AvgIpc) is 3.24. The molecule has 2 fully saturated rings. The molecule has 1 saturated carbocycles. The van der Waals surface area contributed by atoms with Crippen LogP contribution in [0.25, 0.3) is 0 Å². The summed E-state index contributed by atoms with van der Waals surface area (Å²) in [7, 11) is 0. The van der Waals surface area contributed by atoms with Crippen molar-refractivity contribution < 1.29 is 4.79 Å². The van der Waals surface area contributed by atoms with Crippen LogP contribution in [0.2, 0.25) is 0 Å². The Morgan fingerprint density at radius 3 is 2.60 bits per heavy atom. The van der Waals surface area contributed by atoms with E-state index < -0.39 is 0 Å². The summed E-state index contributed by atoms with van der Waals surface area (Å²) in [5.41, 5.74) is 1.20. The maximum absolute atomic E-state index is 12.7. The van der Waals surface area contributed by atoms with Crippen molar-refractivity contribution in [2.75, 3.05) is 6.54 Å². The number of benzene rings is 1. The zero-order chi connectivity index (χ0) is 14.1. The van der Waals surface area contributed by atoms with Gasteiger partial charge >= 0.3 is 0 Å². The van der Waals surface area contributed by atoms with Crippen LogP contribution < -0.4 is 5.32 Å². The van der Waals surface area contributed by atoms with Crippen molar-refractivity contribution >= 4 is 5.91 Å². The second kappa shape index (κ2) is 5.57. The van der Waals surface area contributed by atoms with Crippen molar-refractivity contribution in [2.24, 2.45) is 11.8 Å². The Labute approximate surface area is 121 Å². The molecular weight excluding hydrogens is 248 g/mol. The van der Waals surface area contributed by atoms with Gasteiger partial charge in [-0.3, -0.25) is 10.1 Å². The number of rotatable bonds is 5. The highest BCUT2D eigenvalue weighted by molar-refractivity contribution is 5.85. The number of amides is 1. The number of nitrogens with zero attached hydrogens (tertiary/aromatic N) is 1. The molecule has 0 bridgehead atoms. The monoisotopic (exact) mass is 272 g/mol. The number of hydrogen-bond acceptors (Lipinski definition) is 2. The molecule has 3 nitrogen and oxygen atoms in total. The van der Waals surface area contributed by atoms with Crippen LogP contribution in [0.3, 0.4) is 0 Å². The smallest absolute Gasteiger partial charge is 0.241 e. The van der Waals surface area contributed by atoms with E-state index in [2.05, 4.69) is 36.2 Å². The van der Waals surface area contributed by atoms with Gasteiger partial charge in [-0.15, -0.1) is 0 Å². The molecule has 0 spiro atoms. The van der Waals surface area contributed by atoms with Crippen molar-refractivity contribution in [1.82, 2.24) is 10.2 Å². The fourth-order valence-corrected chi connectivity index (χ4v) is 2.97. The van der Waals surface area contributed by atoms with Gasteiger partial charge in [-0.25, -0.2) is 0 Å². The first kappa shape index (κ1) is 13.6. The van der Waals surface area contributed by atoms with E-state index in [9.17, 15) is 4.79 Å². The first-order valence-electron chi connectivity index (χ1n) is 7.82. The minimum Gasteiger partial charge on any atom is -0.321 e. The van der Waals surface area contributed by atoms with Gasteiger partial charge in [0, 0.05) is 6.54 Å². The van der Waals surface area contributed by atoms with Crippen LogP contribution in [0, 0.1) is 11.8 Å². The van der Waals surface area contributed by atoms with Gasteiger partial charge in [-0.05, 0) is 30.2 Å². The zero-order valence-electron chi connectivity index (χ0n) is 12.4. The zero-order valence-corrected chi connectivity index (χ0v) is 12.4. The van der Waals surface area contributed by atoms with Gasteiger partial charge in [0.15, 0.2) is 0 Å². The van der Waals surface area contributed by atoms with E-state index >= 15 is 0 Å². The first-order chi connectivity index (χ1) is 9.70. The van der Waals surface area contributed by atoms with Crippen molar-refractivity contribution in [3.8, 4) is 0 Å². The highest BCUT2D eigenvalue weighted by Gasteiger charge is 2.43. The molecule has 20 heavy (non-hydrogen) atoms. The van der Waals surface area contributed by atoms with Gasteiger partial charge in [0.1, 0.15) is 6.17 Å². The fourth-order valence-electron chi connectivity index (χ4n) is 2.97. The standard InChI is InChI=1S/C17H24N2O/c1-3-12(2)15-17(20)19(11-13-9-10-13)16(18-15)14-7-5-4-6-8-14/h4-8,12-13,15-16,18H,3,9-11H2,1-2H3. The molecule has 3 rings (SSSR count). The molecule has 0 aromatic heterocycles. The summed E-state index contributed by atoms with van der Waals surface area (Å²) < 4.78 is 0. The van der Waals surface area contributed by atoms with Crippen LogP contribution in [-0.4, -0.2) is 23.4 Å². The predicted molar refractivity (Wildman–Crippen MR) is 80.0 cm³/mol. The highest BCUT2D eigenvalue weighted by atomic mass is 16.2. The van der Waals surface area contributed by atoms with E-state index in [4.69, 9.17) is 0 Å². The molecule has 1 amide bonds. The molecule has 1 N–H and O–H groups in total. The molecule has 108 valence electrons. The SMILES string of the molecule is CCC(C)C1NC(c2ccccc2)N(CC2CC2)C1=O. The van der Waals surface area contributed by atoms with E-state index in [0.29, 0.717) is 11.8 Å². The Bertz CT molecular complexity index is 469. The topological polar surface area (TPSA) is 32.3 Å². The third-order valence-electron chi connectivity index (χ3n) is 4.68. The molecule has 1 aliphatic heterocycles. The quantitative estimate of drug-likeness (QED) is 0.894. The van der Waals surface area contributed by atoms with Gasteiger partial charge < -0.3 is 4.90 Å². The number of carbonyl (C=O) groups is 1. The van der Waals surface area contributed by atoms with Gasteiger partial charge in [-0.1, -0.05) is 50.6 Å². The van der Waals surface area contributed by atoms with Crippen LogP contribution in [0.15, 0.2) is 30.3 Å². The molecule has 1 aromatic carbocycles. The highest BCUT2D eigenvalue weighted by Crippen LogP contribution is 2.35. The van der Waals surface area contributed by atoms with Crippen LogP contribution in [0.5, 0.6) is 0 Å². The summed E-state index contributed by atoms with van der Waals surface area (Å²) in [6.45, 7) is 5.23. The van der Waals surface area contributed by atoms with E-state index in [1.165, 1.54) is 18.4 Å². The van der Waals surface area contributed by atoms with Crippen LogP contribution in [0.1, 0.15) is 44.8 Å². The summed E-state index contributed by atoms with van der Waals surface area (Å²) in [4.78, 5) is 14.8. The molecule has 0 radical (unpaired) electrons. The second-order valence-corrected chi connectivity index (χ2v) is 6.28. The average molecular weight is 272 g/mol. The van der Waals surface area contributed by atoms with Crippen molar-refractivity contribution in [2.45, 2.75) is 45.3 Å². The van der Waals surface area contributed by atoms with Crippen molar-refractivity contribution in [1.29, 1.82) is 0 Å². The van der Waals surface area contributed by atoms with E-state index in [1.807, 2.05) is 18.2 Å². The maximum Gasteiger partial charge on any atom is 0.241 e. The molecule has 1 heterocycles. The molecule has 1 aliphatic carbocycles. The van der Waals surface area contributed by atoms with E-state index in [0.717, 1.165) is 18.9 Å². The van der Waals surface area contributed by atoms with Crippen molar-refractivity contribution in [3.63, 3.8) is 0 Å². The summed E-state index contributed by atoms with van der Waals surface area (Å²) >= 11 is 0. The Morgan fingerprint density at radius 2 is 2.00 bits per heavy atom. The Hall–Kier alpha value is -1.35. The molecule has 1 saturated heterocycles. The van der Waals surface area contributed by atoms with Crippen LogP contribution in [0.4, 0.5) is 0 Å². The minimum absolute atomic E-state index is 0.0241. The lowest BCUT2D eigenvalue weighted by atomic mass is 9.99. The second-order valence-electron chi connectivity index (χ2n) is 6.28. The molecule has 3 unspecified atom stereocenters. The predicted octanol–water partition coefficient (Wildman–Crippen LogP) is 2.94. The number of hydrogen-bond donors (Lipinski definition) is 1. The molecule has 2 aliphatic rings. The van der Waals surface area contributed by atoms with Gasteiger partial charge in [0.25, 0.3) is 0 Å². The maximum atomic E-state index is 12.7. The summed E-state index contributed by atoms with van der Waals surface area (Å²) in [5.74, 6) is 1.40. The largest absolute Gasteiger partial charge is 0.321 e. The normalized spacial score (nSPS) is 27.9. The molecular formula is C17H24N2O. The minimum atomic E-state index is -0.0241. The Balaban J connectivity index is 1.84. The van der Waals surface area contributed by atoms with E-state index in [1.54, 1.807) is 0 Å². The third-order valence-corrected chi connectivity index (χ3v) is 4.68. The van der Waals surface area contributed by atoms with Crippen LogP contribution >= 0.6 is 0 Å². The lowest BCUT2D eigenvalue weighted by Crippen LogP contribution is -2.36. The van der Waals surface area contributed by atoms with Gasteiger partial charge in [0.05, 0.1) is 6.04 Å². The Kier molecular flexibility index (Phi) is 3.79. The lowest BCUT2D eigenvalue weighted by molar-refractivity contribution is -0.131. The molecule has 3 atom stereocenters. The fraction of sp³-hybridized carbons (Fsp3) is 0.588. The first-order valence-corrected chi connectivity index (χ1v) is 7.82. The van der Waals surface area contributed by atoms with Gasteiger partial charge in [0.2, 0.25) is 5.91 Å². The molecule has 3 heteroatoms. The molecule has 1 aromatic rings. The summed E-state index contributed by atoms with van der Waals surface area (Å²) in [5, 5.41) is 3.57. The number of carbonyl (C=O) groups excluding carboxylic acids is 1. The number of nitrogens with one attached hydrogen (secondary N) is 1. The summed E-state index contributed by atoms with van der Waals surface area (Å²) in [6.07, 6.45) is 3.64. The van der Waals surface area contributed by atoms with Crippen LogP contribution in [-0.2, 0) is 4.79 Å². The third kappa shape index (κ3) is 2.59. The Morgan fingerprint density at radius 1 is 1.30 bits per heavy atom. The van der Waals surface area contributed by atoms with Crippen molar-refractivity contribution in [3.05, 3.63) is 35.9 Å². The lowest BCUT2D eigenvalue weighted by Gasteiger charge is -2.24.